The molecule has 2 amide bonds. The average molecular weight is 425 g/mol. The molecule has 166 valence electrons. The number of amides is 2. The molecule has 0 saturated carbocycles. The zero-order valence-electron chi connectivity index (χ0n) is 18.8. The highest BCUT2D eigenvalue weighted by atomic mass is 16.5. The van der Waals surface area contributed by atoms with Crippen molar-refractivity contribution in [3.05, 3.63) is 71.8 Å². The topological polar surface area (TPSA) is 76.7 Å². The molecule has 0 spiro atoms. The number of hydrogen-bond donors (Lipinski definition) is 2. The molecule has 0 fully saturated rings. The van der Waals surface area contributed by atoms with Gasteiger partial charge >= 0.3 is 0 Å². The van der Waals surface area contributed by atoms with Gasteiger partial charge in [-0.1, -0.05) is 38.6 Å². The molecule has 2 rings (SSSR count). The Bertz CT molecular complexity index is 904. The maximum Gasteiger partial charge on any atom is 0.269 e. The van der Waals surface area contributed by atoms with Crippen molar-refractivity contribution in [2.75, 3.05) is 13.2 Å². The Morgan fingerprint density at radius 3 is 2.42 bits per heavy atom. The second kappa shape index (κ2) is 11.2. The fourth-order valence-corrected chi connectivity index (χ4v) is 2.89. The molecule has 0 aromatic heterocycles. The van der Waals surface area contributed by atoms with Gasteiger partial charge in [0.25, 0.3) is 5.91 Å². The number of carbonyl (C=O) groups excluding carboxylic acids is 2. The number of aryl methyl sites for hydroxylation is 2. The molecule has 0 radical (unpaired) electrons. The molecular formula is C25H32N2O4. The summed E-state index contributed by atoms with van der Waals surface area (Å²) in [4.78, 5) is 24.8. The van der Waals surface area contributed by atoms with Crippen molar-refractivity contribution in [3.63, 3.8) is 0 Å². The van der Waals surface area contributed by atoms with Crippen LogP contribution in [0.5, 0.6) is 11.5 Å². The van der Waals surface area contributed by atoms with E-state index in [0.717, 1.165) is 16.9 Å². The number of carbonyl (C=O) groups is 2. The van der Waals surface area contributed by atoms with Crippen LogP contribution in [0.2, 0.25) is 0 Å². The van der Waals surface area contributed by atoms with Crippen LogP contribution in [-0.2, 0) is 4.79 Å². The van der Waals surface area contributed by atoms with Crippen molar-refractivity contribution < 1.29 is 19.1 Å². The molecule has 0 atom stereocenters. The fraction of sp³-hybridized carbons (Fsp3) is 0.360. The number of hydrogen-bond acceptors (Lipinski definition) is 4. The molecule has 2 N–H and O–H groups in total. The molecule has 6 heteroatoms. The Labute approximate surface area is 184 Å². The Hall–Kier alpha value is -3.28. The predicted octanol–water partition coefficient (Wildman–Crippen LogP) is 4.51. The summed E-state index contributed by atoms with van der Waals surface area (Å²) >= 11 is 0. The zero-order chi connectivity index (χ0) is 22.9. The van der Waals surface area contributed by atoms with E-state index in [-0.39, 0.29) is 5.91 Å². The third-order valence-electron chi connectivity index (χ3n) is 4.94. The summed E-state index contributed by atoms with van der Waals surface area (Å²) in [6.07, 6.45) is 2.98. The molecule has 31 heavy (non-hydrogen) atoms. The van der Waals surface area contributed by atoms with Gasteiger partial charge in [-0.3, -0.25) is 20.4 Å². The summed E-state index contributed by atoms with van der Waals surface area (Å²) in [5.74, 6) is 0.872. The normalized spacial score (nSPS) is 10.8. The van der Waals surface area contributed by atoms with E-state index in [0.29, 0.717) is 37.4 Å². The average Bonchev–Trinajstić information content (AvgIpc) is 2.75. The Kier molecular flexibility index (Phi) is 8.67. The van der Waals surface area contributed by atoms with E-state index >= 15 is 0 Å². The van der Waals surface area contributed by atoms with E-state index in [4.69, 9.17) is 9.47 Å². The van der Waals surface area contributed by atoms with Crippen LogP contribution >= 0.6 is 0 Å². The molecule has 6 nitrogen and oxygen atoms in total. The molecule has 0 bridgehead atoms. The van der Waals surface area contributed by atoms with Crippen LogP contribution in [0.3, 0.4) is 0 Å². The highest BCUT2D eigenvalue weighted by Crippen LogP contribution is 2.24. The summed E-state index contributed by atoms with van der Waals surface area (Å²) in [7, 11) is 0. The lowest BCUT2D eigenvalue weighted by molar-refractivity contribution is -0.130. The van der Waals surface area contributed by atoms with Gasteiger partial charge in [0, 0.05) is 11.0 Å². The van der Waals surface area contributed by atoms with Gasteiger partial charge in [-0.05, 0) is 68.1 Å². The maximum atomic E-state index is 12.5. The number of ether oxygens (including phenoxy) is 2. The quantitative estimate of drug-likeness (QED) is 0.334. The third-order valence-corrected chi connectivity index (χ3v) is 4.94. The van der Waals surface area contributed by atoms with E-state index in [1.54, 1.807) is 30.3 Å². The van der Waals surface area contributed by atoms with Crippen LogP contribution in [0.4, 0.5) is 0 Å². The second-order valence-electron chi connectivity index (χ2n) is 8.14. The van der Waals surface area contributed by atoms with E-state index in [9.17, 15) is 9.59 Å². The SMILES string of the molecule is C=CCOc1ccc(C(=O)NNC(=O)C(C)(C)CCCOc2cc(C)ccc2C)cc1. The van der Waals surface area contributed by atoms with E-state index in [1.165, 1.54) is 0 Å². The lowest BCUT2D eigenvalue weighted by Crippen LogP contribution is -2.47. The maximum absolute atomic E-state index is 12.5. The second-order valence-corrected chi connectivity index (χ2v) is 8.14. The first-order valence-electron chi connectivity index (χ1n) is 10.4. The molecule has 0 unspecified atom stereocenters. The molecule has 0 saturated heterocycles. The van der Waals surface area contributed by atoms with E-state index < -0.39 is 11.3 Å². The van der Waals surface area contributed by atoms with Crippen molar-refractivity contribution >= 4 is 11.8 Å². The minimum absolute atomic E-state index is 0.251. The van der Waals surface area contributed by atoms with Gasteiger partial charge in [-0.25, -0.2) is 0 Å². The van der Waals surface area contributed by atoms with Gasteiger partial charge in [-0.2, -0.15) is 0 Å². The van der Waals surface area contributed by atoms with Crippen molar-refractivity contribution in [1.82, 2.24) is 10.9 Å². The van der Waals surface area contributed by atoms with E-state index in [2.05, 4.69) is 23.5 Å². The summed E-state index contributed by atoms with van der Waals surface area (Å²) in [6.45, 7) is 12.2. The standard InChI is InChI=1S/C25H32N2O4/c1-6-15-30-21-12-10-20(11-13-21)23(28)26-27-24(29)25(4,5)14-7-16-31-22-17-18(2)8-9-19(22)3/h6,8-13,17H,1,7,14-16H2,2-5H3,(H,26,28)(H,27,29). The number of hydrazine groups is 1. The molecule has 2 aromatic rings. The van der Waals surface area contributed by atoms with Crippen molar-refractivity contribution in [2.45, 2.75) is 40.5 Å². The molecule has 0 aliphatic rings. The van der Waals surface area contributed by atoms with Crippen molar-refractivity contribution in [1.29, 1.82) is 0 Å². The van der Waals surface area contributed by atoms with Crippen LogP contribution in [0, 0.1) is 19.3 Å². The lowest BCUT2D eigenvalue weighted by Gasteiger charge is -2.23. The summed E-state index contributed by atoms with van der Waals surface area (Å²) in [6, 6.07) is 12.8. The summed E-state index contributed by atoms with van der Waals surface area (Å²) in [5.41, 5.74) is 7.00. The lowest BCUT2D eigenvalue weighted by atomic mass is 9.87. The molecule has 0 aliphatic carbocycles. The van der Waals surface area contributed by atoms with Gasteiger partial charge in [0.15, 0.2) is 0 Å². The monoisotopic (exact) mass is 424 g/mol. The number of benzene rings is 2. The van der Waals surface area contributed by atoms with Crippen LogP contribution < -0.4 is 20.3 Å². The fourth-order valence-electron chi connectivity index (χ4n) is 2.89. The van der Waals surface area contributed by atoms with Crippen LogP contribution in [0.25, 0.3) is 0 Å². The smallest absolute Gasteiger partial charge is 0.269 e. The van der Waals surface area contributed by atoms with Gasteiger partial charge in [0.05, 0.1) is 6.61 Å². The predicted molar refractivity (Wildman–Crippen MR) is 122 cm³/mol. The first-order valence-corrected chi connectivity index (χ1v) is 10.4. The Morgan fingerprint density at radius 1 is 1.03 bits per heavy atom. The number of nitrogens with one attached hydrogen (secondary N) is 2. The first kappa shape index (κ1) is 24.0. The van der Waals surface area contributed by atoms with Crippen LogP contribution in [0.15, 0.2) is 55.1 Å². The third kappa shape index (κ3) is 7.48. The first-order chi connectivity index (χ1) is 14.7. The number of rotatable bonds is 10. The Morgan fingerprint density at radius 2 is 1.74 bits per heavy atom. The molecule has 2 aromatic carbocycles. The van der Waals surface area contributed by atoms with Gasteiger partial charge in [0.1, 0.15) is 18.1 Å². The van der Waals surface area contributed by atoms with E-state index in [1.807, 2.05) is 39.8 Å². The van der Waals surface area contributed by atoms with Crippen molar-refractivity contribution in [2.24, 2.45) is 5.41 Å². The highest BCUT2D eigenvalue weighted by Gasteiger charge is 2.27. The minimum atomic E-state index is -0.652. The van der Waals surface area contributed by atoms with Gasteiger partial charge in [0.2, 0.25) is 5.91 Å². The van der Waals surface area contributed by atoms with Crippen molar-refractivity contribution in [3.8, 4) is 11.5 Å². The highest BCUT2D eigenvalue weighted by molar-refractivity contribution is 5.95. The molecular weight excluding hydrogens is 392 g/mol. The van der Waals surface area contributed by atoms with Gasteiger partial charge in [-0.15, -0.1) is 0 Å². The largest absolute Gasteiger partial charge is 0.493 e. The summed E-state index contributed by atoms with van der Waals surface area (Å²) < 4.78 is 11.3. The Balaban J connectivity index is 1.77. The molecule has 0 aliphatic heterocycles. The zero-order valence-corrected chi connectivity index (χ0v) is 18.8. The summed E-state index contributed by atoms with van der Waals surface area (Å²) in [5, 5.41) is 0. The van der Waals surface area contributed by atoms with Crippen LogP contribution in [-0.4, -0.2) is 25.0 Å². The van der Waals surface area contributed by atoms with Gasteiger partial charge < -0.3 is 9.47 Å². The minimum Gasteiger partial charge on any atom is -0.493 e. The van der Waals surface area contributed by atoms with Crippen LogP contribution in [0.1, 0.15) is 48.2 Å². The molecule has 0 heterocycles.